The number of rotatable bonds is 1. The minimum absolute atomic E-state index is 0. The van der Waals surface area contributed by atoms with Crippen molar-refractivity contribution >= 4 is 17.6 Å². The smallest absolute Gasteiger partial charge is 0.187 e. The van der Waals surface area contributed by atoms with Gasteiger partial charge < -0.3 is 0 Å². The van der Waals surface area contributed by atoms with E-state index in [9.17, 15) is 8.69 Å². The second kappa shape index (κ2) is 3.83. The third-order valence-electron chi connectivity index (χ3n) is 0.105. The van der Waals surface area contributed by atoms with Gasteiger partial charge in [-0.25, -0.2) is 4.21 Å². The van der Waals surface area contributed by atoms with Crippen molar-refractivity contribution in [3.05, 3.63) is 0 Å². The van der Waals surface area contributed by atoms with Crippen LogP contribution >= 0.6 is 8.02 Å². The van der Waals surface area contributed by atoms with Crippen molar-refractivity contribution < 1.29 is 31.8 Å². The van der Waals surface area contributed by atoms with Crippen LogP contribution in [0.2, 0.25) is 0 Å². The van der Waals surface area contributed by atoms with Gasteiger partial charge in [0.1, 0.15) is 0 Å². The molecule has 1 unspecified atom stereocenters. The van der Waals surface area contributed by atoms with E-state index in [2.05, 4.69) is 8.02 Å². The molecule has 0 aliphatic rings. The minimum Gasteiger partial charge on any atom is -0.298 e. The second-order valence-corrected chi connectivity index (χ2v) is 3.47. The SMILES string of the molecule is O=S(O)(=P)NF.[V]. The van der Waals surface area contributed by atoms with E-state index >= 15 is 0 Å². The summed E-state index contributed by atoms with van der Waals surface area (Å²) in [4.78, 5) is 0.601. The van der Waals surface area contributed by atoms with Gasteiger partial charge in [-0.2, -0.15) is 0 Å². The summed E-state index contributed by atoms with van der Waals surface area (Å²) >= 11 is 0. The molecule has 0 aromatic heterocycles. The molecule has 1 radical (unpaired) electrons. The van der Waals surface area contributed by atoms with Crippen molar-refractivity contribution in [2.24, 2.45) is 0 Å². The van der Waals surface area contributed by atoms with Gasteiger partial charge in [-0.15, -0.1) is 4.48 Å². The van der Waals surface area contributed by atoms with Gasteiger partial charge in [0.25, 0.3) is 0 Å². The van der Waals surface area contributed by atoms with E-state index in [-0.39, 0.29) is 18.6 Å². The van der Waals surface area contributed by atoms with E-state index in [4.69, 9.17) is 4.55 Å². The van der Waals surface area contributed by atoms with Crippen LogP contribution in [0.5, 0.6) is 0 Å². The molecule has 0 saturated carbocycles. The Labute approximate surface area is 54.7 Å². The predicted octanol–water partition coefficient (Wildman–Crippen LogP) is 0.188. The van der Waals surface area contributed by atoms with Crippen LogP contribution in [0, 0.1) is 0 Å². The van der Waals surface area contributed by atoms with Gasteiger partial charge in [-0.3, -0.25) is 4.55 Å². The zero-order chi connectivity index (χ0) is 5.21. The van der Waals surface area contributed by atoms with Gasteiger partial charge in [0.05, 0.1) is 0 Å². The van der Waals surface area contributed by atoms with Crippen molar-refractivity contribution in [1.82, 2.24) is 4.94 Å². The zero-order valence-corrected chi connectivity index (χ0v) is 6.30. The summed E-state index contributed by atoms with van der Waals surface area (Å²) in [6.07, 6.45) is 0. The molecule has 2 N–H and O–H groups in total. The molecule has 0 spiro atoms. The van der Waals surface area contributed by atoms with Gasteiger partial charge in [0.15, 0.2) is 9.58 Å². The Morgan fingerprint density at radius 2 is 2.00 bits per heavy atom. The average molecular weight is 182 g/mol. The monoisotopic (exact) mass is 182 g/mol. The van der Waals surface area contributed by atoms with Crippen molar-refractivity contribution in [3.63, 3.8) is 0 Å². The zero-order valence-electron chi connectivity index (χ0n) is 3.09. The topological polar surface area (TPSA) is 49.3 Å². The van der Waals surface area contributed by atoms with Gasteiger partial charge >= 0.3 is 0 Å². The maximum Gasteiger partial charge on any atom is 0.187 e. The Kier molecular flexibility index (Phi) is 5.91. The minimum atomic E-state index is -3.52. The third-order valence-corrected chi connectivity index (χ3v) is 0.545. The molecule has 43 valence electrons. The molecule has 7 heavy (non-hydrogen) atoms. The van der Waals surface area contributed by atoms with Crippen molar-refractivity contribution in [2.45, 2.75) is 0 Å². The molecule has 7 heteroatoms. The molecule has 3 nitrogen and oxygen atoms in total. The standard InChI is InChI=1S/FH3NO2PS.V/c1-2-6(3,4)5;/h5H,(H2,2,3,4);. The number of nitrogens with one attached hydrogen (secondary N) is 1. The molecule has 0 aliphatic heterocycles. The van der Waals surface area contributed by atoms with Crippen LogP contribution in [0.15, 0.2) is 0 Å². The normalized spacial score (nSPS) is 16.9. The van der Waals surface area contributed by atoms with Crippen molar-refractivity contribution in [3.8, 4) is 0 Å². The van der Waals surface area contributed by atoms with E-state index in [1.165, 1.54) is 0 Å². The van der Waals surface area contributed by atoms with E-state index in [1.54, 1.807) is 0 Å². The van der Waals surface area contributed by atoms with E-state index in [1.807, 2.05) is 0 Å². The molecule has 0 saturated heterocycles. The Bertz CT molecular complexity index is 120. The first-order valence-corrected chi connectivity index (χ1v) is 3.69. The maximum atomic E-state index is 10.7. The Morgan fingerprint density at radius 3 is 2.00 bits per heavy atom. The van der Waals surface area contributed by atoms with E-state index in [0.717, 1.165) is 0 Å². The van der Waals surface area contributed by atoms with E-state index < -0.39 is 9.58 Å². The third kappa shape index (κ3) is 10.9. The Balaban J connectivity index is 0. The van der Waals surface area contributed by atoms with Crippen molar-refractivity contribution in [1.29, 1.82) is 0 Å². The Hall–Kier alpha value is 0.884. The van der Waals surface area contributed by atoms with Crippen LogP contribution < -0.4 is 4.94 Å². The first-order valence-electron chi connectivity index (χ1n) is 0.946. The van der Waals surface area contributed by atoms with Crippen LogP contribution in [0.25, 0.3) is 0 Å². The molecule has 0 rings (SSSR count). The van der Waals surface area contributed by atoms with Crippen LogP contribution in [-0.2, 0) is 28.1 Å². The van der Waals surface area contributed by atoms with Crippen molar-refractivity contribution in [2.75, 3.05) is 0 Å². The fourth-order valence-corrected chi connectivity index (χ4v) is 0. The summed E-state index contributed by atoms with van der Waals surface area (Å²) in [7, 11) is -1.40. The van der Waals surface area contributed by atoms with Gasteiger partial charge in [0, 0.05) is 18.6 Å². The average Bonchev–Trinajstić information content (AvgIpc) is 1.35. The molecule has 0 fully saturated rings. The van der Waals surface area contributed by atoms with Crippen LogP contribution in [0.1, 0.15) is 0 Å². The quantitative estimate of drug-likeness (QED) is 0.449. The fourth-order valence-electron chi connectivity index (χ4n) is 0. The first kappa shape index (κ1) is 10.8. The number of halogens is 1. The molecule has 0 amide bonds. The van der Waals surface area contributed by atoms with Gasteiger partial charge in [0.2, 0.25) is 0 Å². The van der Waals surface area contributed by atoms with Gasteiger partial charge in [-0.05, 0) is 8.02 Å². The Morgan fingerprint density at radius 1 is 1.86 bits per heavy atom. The van der Waals surface area contributed by atoms with E-state index in [0.29, 0.717) is 4.94 Å². The second-order valence-electron chi connectivity index (χ2n) is 0.603. The molecule has 0 aromatic rings. The molecule has 0 heterocycles. The summed E-state index contributed by atoms with van der Waals surface area (Å²) in [5.74, 6) is 0. The van der Waals surface area contributed by atoms with Crippen LogP contribution in [0.4, 0.5) is 4.48 Å². The summed E-state index contributed by atoms with van der Waals surface area (Å²) in [5.41, 5.74) is 0. The van der Waals surface area contributed by atoms with Crippen LogP contribution in [-0.4, -0.2) is 8.76 Å². The molecular weight excluding hydrogens is 179 g/mol. The fraction of sp³-hybridized carbons (Fsp3) is 0. The molecule has 0 aromatic carbocycles. The summed E-state index contributed by atoms with van der Waals surface area (Å²) < 4.78 is 28.0. The summed E-state index contributed by atoms with van der Waals surface area (Å²) in [6.45, 7) is 0. The molecular formula is H3FNO2PSV. The summed E-state index contributed by atoms with van der Waals surface area (Å²) in [6, 6.07) is 0. The largest absolute Gasteiger partial charge is 0.298 e. The van der Waals surface area contributed by atoms with Gasteiger partial charge in [-0.1, -0.05) is 4.94 Å². The maximum absolute atomic E-state index is 10.7. The molecule has 0 aliphatic carbocycles. The first-order chi connectivity index (χ1) is 2.56. The molecule has 1 atom stereocenters. The van der Waals surface area contributed by atoms with Crippen LogP contribution in [0.3, 0.4) is 0 Å². The molecule has 0 bridgehead atoms. The summed E-state index contributed by atoms with van der Waals surface area (Å²) in [5, 5.41) is 0. The number of hydrogen-bond acceptors (Lipinski definition) is 1. The number of hydrogen-bond donors (Lipinski definition) is 2. The predicted molar refractivity (Wildman–Crippen MR) is 23.3 cm³/mol.